The molecule has 0 atom stereocenters. The van der Waals surface area contributed by atoms with Crippen molar-refractivity contribution in [2.24, 2.45) is 0 Å². The van der Waals surface area contributed by atoms with Gasteiger partial charge in [-0.25, -0.2) is 4.68 Å². The third-order valence-electron chi connectivity index (χ3n) is 3.75. The van der Waals surface area contributed by atoms with Gasteiger partial charge in [-0.05, 0) is 37.8 Å². The summed E-state index contributed by atoms with van der Waals surface area (Å²) in [4.78, 5) is 14.4. The second-order valence-electron chi connectivity index (χ2n) is 5.68. The van der Waals surface area contributed by atoms with E-state index in [1.165, 1.54) is 23.9 Å². The molecule has 0 unspecified atom stereocenters. The van der Waals surface area contributed by atoms with Crippen molar-refractivity contribution >= 4 is 5.69 Å². The Bertz CT molecular complexity index is 517. The molecule has 1 aliphatic heterocycles. The SMILES string of the molecule is C=C(CNCCC)Cn1ncc(N2CCCCC2)cc1=O. The van der Waals surface area contributed by atoms with E-state index in [4.69, 9.17) is 0 Å². The maximum Gasteiger partial charge on any atom is 0.269 e. The van der Waals surface area contributed by atoms with E-state index in [9.17, 15) is 4.79 Å². The van der Waals surface area contributed by atoms with Crippen LogP contribution >= 0.6 is 0 Å². The van der Waals surface area contributed by atoms with Gasteiger partial charge in [-0.1, -0.05) is 13.5 Å². The zero-order valence-electron chi connectivity index (χ0n) is 13.0. The highest BCUT2D eigenvalue weighted by Crippen LogP contribution is 2.16. The number of piperidine rings is 1. The topological polar surface area (TPSA) is 50.2 Å². The molecule has 0 radical (unpaired) electrons. The van der Waals surface area contributed by atoms with Crippen LogP contribution in [0.2, 0.25) is 0 Å². The van der Waals surface area contributed by atoms with Crippen molar-refractivity contribution < 1.29 is 0 Å². The summed E-state index contributed by atoms with van der Waals surface area (Å²) in [6, 6.07) is 1.70. The van der Waals surface area contributed by atoms with E-state index in [-0.39, 0.29) is 5.56 Å². The minimum absolute atomic E-state index is 0.0466. The third kappa shape index (κ3) is 4.70. The molecule has 1 saturated heterocycles. The number of hydrogen-bond acceptors (Lipinski definition) is 4. The van der Waals surface area contributed by atoms with Crippen molar-refractivity contribution in [1.82, 2.24) is 15.1 Å². The van der Waals surface area contributed by atoms with Gasteiger partial charge in [-0.2, -0.15) is 5.10 Å². The maximum atomic E-state index is 12.2. The summed E-state index contributed by atoms with van der Waals surface area (Å²) in [6.07, 6.45) is 6.58. The van der Waals surface area contributed by atoms with Crippen LogP contribution in [-0.4, -0.2) is 36.0 Å². The first-order chi connectivity index (χ1) is 10.2. The van der Waals surface area contributed by atoms with Gasteiger partial charge in [-0.3, -0.25) is 4.79 Å². The van der Waals surface area contributed by atoms with Crippen molar-refractivity contribution in [2.75, 3.05) is 31.1 Å². The Hall–Kier alpha value is -1.62. The molecule has 0 aromatic carbocycles. The van der Waals surface area contributed by atoms with Gasteiger partial charge in [0.1, 0.15) is 0 Å². The number of hydrogen-bond donors (Lipinski definition) is 1. The van der Waals surface area contributed by atoms with Crippen LogP contribution in [0.15, 0.2) is 29.2 Å². The molecule has 1 N–H and O–H groups in total. The smallest absolute Gasteiger partial charge is 0.269 e. The van der Waals surface area contributed by atoms with Gasteiger partial charge < -0.3 is 10.2 Å². The van der Waals surface area contributed by atoms with Crippen LogP contribution < -0.4 is 15.8 Å². The predicted octanol–water partition coefficient (Wildman–Crippen LogP) is 1.79. The number of anilines is 1. The minimum Gasteiger partial charge on any atom is -0.370 e. The van der Waals surface area contributed by atoms with E-state index in [2.05, 4.69) is 28.8 Å². The molecule has 2 rings (SSSR count). The highest BCUT2D eigenvalue weighted by atomic mass is 16.1. The lowest BCUT2D eigenvalue weighted by atomic mass is 10.1. The van der Waals surface area contributed by atoms with Crippen molar-refractivity contribution in [3.63, 3.8) is 0 Å². The summed E-state index contributed by atoms with van der Waals surface area (Å²) in [5, 5.41) is 7.58. The summed E-state index contributed by atoms with van der Waals surface area (Å²) in [5.74, 6) is 0. The Kier molecular flexibility index (Phi) is 5.99. The lowest BCUT2D eigenvalue weighted by Gasteiger charge is -2.28. The Morgan fingerprint density at radius 1 is 1.38 bits per heavy atom. The van der Waals surface area contributed by atoms with Crippen LogP contribution in [0.3, 0.4) is 0 Å². The molecule has 21 heavy (non-hydrogen) atoms. The molecule has 5 nitrogen and oxygen atoms in total. The van der Waals surface area contributed by atoms with Gasteiger partial charge in [-0.15, -0.1) is 0 Å². The zero-order valence-corrected chi connectivity index (χ0v) is 13.0. The molecule has 116 valence electrons. The van der Waals surface area contributed by atoms with Crippen LogP contribution in [-0.2, 0) is 6.54 Å². The molecular weight excluding hydrogens is 264 g/mol. The highest BCUT2D eigenvalue weighted by molar-refractivity contribution is 5.43. The fourth-order valence-corrected chi connectivity index (χ4v) is 2.58. The molecule has 1 aromatic heterocycles. The Balaban J connectivity index is 1.95. The third-order valence-corrected chi connectivity index (χ3v) is 3.75. The molecule has 0 saturated carbocycles. The first-order valence-electron chi connectivity index (χ1n) is 7.90. The fourth-order valence-electron chi connectivity index (χ4n) is 2.58. The lowest BCUT2D eigenvalue weighted by molar-refractivity contribution is 0.568. The summed E-state index contributed by atoms with van der Waals surface area (Å²) in [6.45, 7) is 10.4. The number of nitrogens with zero attached hydrogens (tertiary/aromatic N) is 3. The normalized spacial score (nSPS) is 15.2. The molecule has 5 heteroatoms. The molecule has 0 aliphatic carbocycles. The quantitative estimate of drug-likeness (QED) is 0.614. The Morgan fingerprint density at radius 2 is 2.14 bits per heavy atom. The van der Waals surface area contributed by atoms with Gasteiger partial charge in [0.15, 0.2) is 0 Å². The van der Waals surface area contributed by atoms with Crippen molar-refractivity contribution in [1.29, 1.82) is 0 Å². The van der Waals surface area contributed by atoms with Gasteiger partial charge in [0.05, 0.1) is 18.4 Å². The number of nitrogens with one attached hydrogen (secondary N) is 1. The van der Waals surface area contributed by atoms with Gasteiger partial charge in [0.2, 0.25) is 0 Å². The van der Waals surface area contributed by atoms with Crippen LogP contribution in [0.5, 0.6) is 0 Å². The average Bonchev–Trinajstić information content (AvgIpc) is 2.50. The van der Waals surface area contributed by atoms with Gasteiger partial charge in [0, 0.05) is 25.7 Å². The maximum absolute atomic E-state index is 12.2. The van der Waals surface area contributed by atoms with Crippen LogP contribution in [0.1, 0.15) is 32.6 Å². The molecule has 1 aliphatic rings. The average molecular weight is 290 g/mol. The Morgan fingerprint density at radius 3 is 2.81 bits per heavy atom. The van der Waals surface area contributed by atoms with E-state index in [0.717, 1.165) is 43.9 Å². The second kappa shape index (κ2) is 7.98. The van der Waals surface area contributed by atoms with Crippen LogP contribution in [0.25, 0.3) is 0 Å². The molecule has 1 fully saturated rings. The number of rotatable bonds is 7. The first kappa shape index (κ1) is 15.8. The fraction of sp³-hybridized carbons (Fsp3) is 0.625. The highest BCUT2D eigenvalue weighted by Gasteiger charge is 2.12. The van der Waals surface area contributed by atoms with E-state index >= 15 is 0 Å². The minimum atomic E-state index is -0.0466. The largest absolute Gasteiger partial charge is 0.370 e. The van der Waals surface area contributed by atoms with Gasteiger partial charge in [0.25, 0.3) is 5.56 Å². The van der Waals surface area contributed by atoms with Crippen molar-refractivity contribution in [3.05, 3.63) is 34.8 Å². The number of aromatic nitrogens is 2. The first-order valence-corrected chi connectivity index (χ1v) is 7.90. The summed E-state index contributed by atoms with van der Waals surface area (Å²) in [5.41, 5.74) is 1.88. The van der Waals surface area contributed by atoms with Crippen LogP contribution in [0, 0.1) is 0 Å². The predicted molar refractivity (Wildman–Crippen MR) is 86.9 cm³/mol. The van der Waals surface area contributed by atoms with E-state index < -0.39 is 0 Å². The van der Waals surface area contributed by atoms with E-state index in [1.54, 1.807) is 12.3 Å². The van der Waals surface area contributed by atoms with Crippen molar-refractivity contribution in [2.45, 2.75) is 39.2 Å². The van der Waals surface area contributed by atoms with Crippen LogP contribution in [0.4, 0.5) is 5.69 Å². The molecule has 0 amide bonds. The van der Waals surface area contributed by atoms with Crippen molar-refractivity contribution in [3.8, 4) is 0 Å². The Labute approximate surface area is 126 Å². The van der Waals surface area contributed by atoms with E-state index in [1.807, 2.05) is 0 Å². The summed E-state index contributed by atoms with van der Waals surface area (Å²) < 4.78 is 1.49. The van der Waals surface area contributed by atoms with E-state index in [0.29, 0.717) is 6.54 Å². The molecule has 1 aromatic rings. The summed E-state index contributed by atoms with van der Waals surface area (Å²) >= 11 is 0. The molecule has 2 heterocycles. The lowest BCUT2D eigenvalue weighted by Crippen LogP contribution is -2.32. The molecular formula is C16H26N4O. The standard InChI is InChI=1S/C16H26N4O/c1-3-7-17-11-14(2)13-20-16(21)10-15(12-18-20)19-8-5-4-6-9-19/h10,12,17H,2-9,11,13H2,1H3. The summed E-state index contributed by atoms with van der Waals surface area (Å²) in [7, 11) is 0. The monoisotopic (exact) mass is 290 g/mol. The molecule has 0 bridgehead atoms. The zero-order chi connectivity index (χ0) is 15.1. The second-order valence-corrected chi connectivity index (χ2v) is 5.68. The molecule has 0 spiro atoms. The van der Waals surface area contributed by atoms with Gasteiger partial charge >= 0.3 is 0 Å².